The Morgan fingerprint density at radius 2 is 2.50 bits per heavy atom. The number of hydrogen-bond donors (Lipinski definition) is 0. The second-order valence-corrected chi connectivity index (χ2v) is 0.921. The summed E-state index contributed by atoms with van der Waals surface area (Å²) in [5.74, 6) is -1.74. The van der Waals surface area contributed by atoms with Crippen LogP contribution in [0.2, 0.25) is 0 Å². The summed E-state index contributed by atoms with van der Waals surface area (Å²) in [4.78, 5) is 9.44. The zero-order valence-electron chi connectivity index (χ0n) is 3.66. The van der Waals surface area contributed by atoms with Gasteiger partial charge in [-0.1, -0.05) is 11.6 Å². The first-order chi connectivity index (χ1) is 2.94. The maximum absolute atomic E-state index is 11.4. The zero-order chi connectivity index (χ0) is 6.08. The highest BCUT2D eigenvalue weighted by molar-refractivity contribution is 6.29. The Labute approximate surface area is 40.5 Å². The summed E-state index contributed by atoms with van der Waals surface area (Å²) in [6.07, 6.45) is 0. The van der Waals surface area contributed by atoms with Crippen LogP contribution >= 0.6 is 11.6 Å². The van der Waals surface area contributed by atoms with E-state index in [4.69, 9.17) is 7.10 Å². The molecule has 0 rings (SSSR count). The molecule has 0 aromatic carbocycles. The summed E-state index contributed by atoms with van der Waals surface area (Å²) in [5, 5.41) is 0. The normalized spacial score (nSPS) is 21.3. The molecule has 6 heavy (non-hydrogen) atoms. The summed E-state index contributed by atoms with van der Waals surface area (Å²) in [7, 11) is 0. The first-order valence-electron chi connectivity index (χ1n) is 1.58. The highest BCUT2D eigenvalue weighted by Gasteiger charge is 2.06. The average Bonchev–Trinajstić information content (AvgIpc) is 1.31. The van der Waals surface area contributed by atoms with E-state index in [-0.39, 0.29) is 0 Å². The maximum Gasteiger partial charge on any atom is 0.288 e. The molecule has 0 aliphatic rings. The summed E-state index contributed by atoms with van der Waals surface area (Å²) in [5.41, 5.74) is 2.65. The lowest BCUT2D eigenvalue weighted by atomic mass is 10.7. The van der Waals surface area contributed by atoms with Crippen molar-refractivity contribution in [1.82, 2.24) is 5.73 Å². The van der Waals surface area contributed by atoms with Crippen LogP contribution in [-0.2, 0) is 4.79 Å². The van der Waals surface area contributed by atoms with Crippen LogP contribution in [0.1, 0.15) is 1.37 Å². The van der Waals surface area contributed by atoms with Gasteiger partial charge >= 0.3 is 0 Å². The summed E-state index contributed by atoms with van der Waals surface area (Å²) >= 11 is 4.33. The molecule has 2 nitrogen and oxygen atoms in total. The summed E-state index contributed by atoms with van der Waals surface area (Å²) in [6, 6.07) is 0. The molecule has 0 fully saturated rings. The predicted molar refractivity (Wildman–Crippen MR) is 18.9 cm³/mol. The molecular formula is C2H2ClFNO. The van der Waals surface area contributed by atoms with Gasteiger partial charge in [-0.25, -0.2) is 4.39 Å². The topological polar surface area (TPSA) is 40.9 Å². The lowest BCUT2D eigenvalue weighted by Crippen LogP contribution is -2.07. The maximum atomic E-state index is 11.4. The molecule has 1 unspecified atom stereocenters. The fourth-order valence-electron chi connectivity index (χ4n) is 0. The van der Waals surface area contributed by atoms with Gasteiger partial charge in [0, 0.05) is 0 Å². The van der Waals surface area contributed by atoms with E-state index in [2.05, 4.69) is 11.6 Å². The third kappa shape index (κ3) is 1.96. The molecule has 0 saturated carbocycles. The zero-order valence-corrected chi connectivity index (χ0v) is 3.42. The number of nitrogens with one attached hydrogen (secondary N) is 1. The Morgan fingerprint density at radius 1 is 2.33 bits per heavy atom. The second kappa shape index (κ2) is 1.97. The van der Waals surface area contributed by atoms with Crippen LogP contribution in [-0.4, -0.2) is 11.5 Å². The Bertz CT molecular complexity index is 90.2. The fraction of sp³-hybridized carbons (Fsp3) is 0.500. The SMILES string of the molecule is [2H]C(F)(Cl)C([NH])=O. The van der Waals surface area contributed by atoms with Crippen molar-refractivity contribution >= 4 is 17.5 Å². The number of hydrogen-bond acceptors (Lipinski definition) is 1. The van der Waals surface area contributed by atoms with Crippen molar-refractivity contribution in [2.75, 3.05) is 0 Å². The van der Waals surface area contributed by atoms with Crippen LogP contribution in [0, 0.1) is 0 Å². The number of amides is 1. The summed E-state index contributed by atoms with van der Waals surface area (Å²) < 4.78 is 17.4. The van der Waals surface area contributed by atoms with E-state index in [0.29, 0.717) is 0 Å². The molecule has 1 amide bonds. The number of carbonyl (C=O) groups excluding carboxylic acids is 1. The summed E-state index contributed by atoms with van der Waals surface area (Å²) in [6.45, 7) is 0. The highest BCUT2D eigenvalue weighted by atomic mass is 35.5. The Balaban J connectivity index is 3.79. The van der Waals surface area contributed by atoms with Crippen molar-refractivity contribution in [2.24, 2.45) is 0 Å². The molecule has 0 spiro atoms. The van der Waals surface area contributed by atoms with Gasteiger partial charge in [-0.05, 0) is 0 Å². The van der Waals surface area contributed by atoms with Gasteiger partial charge in [0.05, 0.1) is 1.37 Å². The smallest absolute Gasteiger partial charge is 0.268 e. The van der Waals surface area contributed by atoms with Gasteiger partial charge in [-0.15, -0.1) is 0 Å². The number of halogens is 2. The largest absolute Gasteiger partial charge is 0.288 e. The van der Waals surface area contributed by atoms with E-state index in [1.807, 2.05) is 0 Å². The minimum Gasteiger partial charge on any atom is -0.268 e. The molecule has 0 heterocycles. The van der Waals surface area contributed by atoms with Crippen molar-refractivity contribution < 1.29 is 10.6 Å². The van der Waals surface area contributed by atoms with Crippen LogP contribution in [0.25, 0.3) is 0 Å². The van der Waals surface area contributed by atoms with Gasteiger partial charge < -0.3 is 0 Å². The quantitative estimate of drug-likeness (QED) is 0.450. The van der Waals surface area contributed by atoms with Crippen molar-refractivity contribution in [1.29, 1.82) is 0 Å². The van der Waals surface area contributed by atoms with Gasteiger partial charge in [-0.2, -0.15) is 0 Å². The molecule has 1 N–H and O–H groups in total. The molecule has 0 aliphatic carbocycles. The third-order valence-electron chi connectivity index (χ3n) is 0.172. The predicted octanol–water partition coefficient (Wildman–Crippen LogP) is 0.330. The van der Waals surface area contributed by atoms with E-state index in [1.165, 1.54) is 0 Å². The van der Waals surface area contributed by atoms with E-state index in [1.54, 1.807) is 0 Å². The van der Waals surface area contributed by atoms with Gasteiger partial charge in [0.1, 0.15) is 0 Å². The molecule has 0 aliphatic heterocycles. The first kappa shape index (κ1) is 3.87. The minimum atomic E-state index is -3.25. The number of carbonyl (C=O) groups is 1. The first-order valence-corrected chi connectivity index (χ1v) is 1.46. The van der Waals surface area contributed by atoms with Gasteiger partial charge in [0.2, 0.25) is 0 Å². The van der Waals surface area contributed by atoms with E-state index >= 15 is 0 Å². The molecular weight excluding hydrogens is 108 g/mol. The molecule has 1 radical (unpaired) electrons. The third-order valence-corrected chi connectivity index (χ3v) is 0.343. The Hall–Kier alpha value is -0.310. The molecule has 0 bridgehead atoms. The van der Waals surface area contributed by atoms with E-state index in [0.717, 1.165) is 0 Å². The van der Waals surface area contributed by atoms with Crippen molar-refractivity contribution in [2.45, 2.75) is 5.61 Å². The lowest BCUT2D eigenvalue weighted by Gasteiger charge is -1.82. The fourth-order valence-corrected chi connectivity index (χ4v) is 0. The van der Waals surface area contributed by atoms with Crippen LogP contribution in [0.3, 0.4) is 0 Å². The second-order valence-electron chi connectivity index (χ2n) is 0.590. The molecule has 0 aromatic rings. The molecule has 35 valence electrons. The van der Waals surface area contributed by atoms with E-state index < -0.39 is 11.5 Å². The van der Waals surface area contributed by atoms with Crippen LogP contribution in [0.4, 0.5) is 4.39 Å². The van der Waals surface area contributed by atoms with Crippen LogP contribution < -0.4 is 5.73 Å². The Morgan fingerprint density at radius 3 is 2.50 bits per heavy atom. The number of alkyl halides is 2. The minimum absolute atomic E-state index is 1.74. The highest BCUT2D eigenvalue weighted by Crippen LogP contribution is 1.92. The van der Waals surface area contributed by atoms with Crippen LogP contribution in [0.15, 0.2) is 0 Å². The van der Waals surface area contributed by atoms with Gasteiger partial charge in [0.25, 0.3) is 11.5 Å². The lowest BCUT2D eigenvalue weighted by molar-refractivity contribution is -0.120. The monoisotopic (exact) mass is 111 g/mol. The van der Waals surface area contributed by atoms with Gasteiger partial charge in [0.15, 0.2) is 0 Å². The van der Waals surface area contributed by atoms with Crippen molar-refractivity contribution in [3.63, 3.8) is 0 Å². The van der Waals surface area contributed by atoms with Gasteiger partial charge in [-0.3, -0.25) is 10.5 Å². The molecule has 0 aromatic heterocycles. The Kier molecular flexibility index (Phi) is 1.27. The molecule has 0 saturated heterocycles. The number of rotatable bonds is 1. The molecule has 4 heteroatoms. The molecule has 1 atom stereocenters. The van der Waals surface area contributed by atoms with E-state index in [9.17, 15) is 9.18 Å². The van der Waals surface area contributed by atoms with Crippen molar-refractivity contribution in [3.8, 4) is 0 Å². The standard InChI is InChI=1S/C2H2ClFNO/c3-1(4)2(5)6/h1,5H/i1D. The average molecular weight is 112 g/mol. The van der Waals surface area contributed by atoms with Crippen molar-refractivity contribution in [3.05, 3.63) is 0 Å². The van der Waals surface area contributed by atoms with Crippen LogP contribution in [0.5, 0.6) is 0 Å².